The van der Waals surface area contributed by atoms with Gasteiger partial charge in [0.1, 0.15) is 0 Å². The van der Waals surface area contributed by atoms with E-state index >= 15 is 0 Å². The highest BCUT2D eigenvalue weighted by Crippen LogP contribution is 2.59. The highest BCUT2D eigenvalue weighted by Gasteiger charge is 2.54. The number of hydrogen-bond acceptors (Lipinski definition) is 5. The first-order valence-corrected chi connectivity index (χ1v) is 10.1. The fourth-order valence-electron chi connectivity index (χ4n) is 2.89. The van der Waals surface area contributed by atoms with Gasteiger partial charge in [0.15, 0.2) is 5.78 Å². The summed E-state index contributed by atoms with van der Waals surface area (Å²) in [7, 11) is -1.51. The zero-order valence-corrected chi connectivity index (χ0v) is 17.0. The molecule has 26 heavy (non-hydrogen) atoms. The number of amides is 1. The van der Waals surface area contributed by atoms with Crippen molar-refractivity contribution >= 4 is 24.9 Å². The Kier molecular flexibility index (Phi) is 8.41. The number of hydrogen-bond donors (Lipinski definition) is 1. The molecule has 1 rings (SSSR count). The third-order valence-electron chi connectivity index (χ3n) is 4.22. The van der Waals surface area contributed by atoms with Crippen LogP contribution in [0.2, 0.25) is 0 Å². The summed E-state index contributed by atoms with van der Waals surface area (Å²) in [5.41, 5.74) is 2.02. The molecule has 0 spiro atoms. The van der Waals surface area contributed by atoms with Crippen molar-refractivity contribution in [2.24, 2.45) is 0 Å². The summed E-state index contributed by atoms with van der Waals surface area (Å²) in [5, 5.41) is 0.770. The molecule has 0 unspecified atom stereocenters. The maximum Gasteiger partial charge on any atom is 0.363 e. The highest BCUT2D eigenvalue weighted by atomic mass is 31.2. The molecule has 1 aromatic rings. The predicted octanol–water partition coefficient (Wildman–Crippen LogP) is 4.17. The molecule has 1 aromatic carbocycles. The van der Waals surface area contributed by atoms with Crippen LogP contribution >= 0.6 is 7.60 Å². The first-order chi connectivity index (χ1) is 12.3. The van der Waals surface area contributed by atoms with Crippen LogP contribution in [-0.2, 0) is 23.2 Å². The van der Waals surface area contributed by atoms with Crippen LogP contribution in [0, 0.1) is 0 Å². The van der Waals surface area contributed by atoms with Crippen molar-refractivity contribution in [1.29, 1.82) is 0 Å². The maximum absolute atomic E-state index is 13.1. The molecule has 0 radical (unpaired) electrons. The van der Waals surface area contributed by atoms with Crippen LogP contribution in [0.5, 0.6) is 0 Å². The topological polar surface area (TPSA) is 81.7 Å². The number of ketones is 1. The summed E-state index contributed by atoms with van der Waals surface area (Å²) in [6, 6.07) is 9.73. The van der Waals surface area contributed by atoms with Crippen molar-refractivity contribution in [2.45, 2.75) is 45.3 Å². The van der Waals surface area contributed by atoms with E-state index in [2.05, 4.69) is 12.2 Å². The third-order valence-corrected chi connectivity index (χ3v) is 6.73. The Morgan fingerprint density at radius 1 is 1.15 bits per heavy atom. The molecule has 7 heteroatoms. The van der Waals surface area contributed by atoms with E-state index in [1.807, 2.05) is 36.4 Å². The van der Waals surface area contributed by atoms with Crippen molar-refractivity contribution in [1.82, 2.24) is 5.32 Å². The average molecular weight is 381 g/mol. The minimum atomic E-state index is -3.93. The second-order valence-electron chi connectivity index (χ2n) is 6.01. The summed E-state index contributed by atoms with van der Waals surface area (Å²) in [5.74, 6) is -0.973. The minimum absolute atomic E-state index is 0.00506. The molecule has 0 aliphatic heterocycles. The van der Waals surface area contributed by atoms with E-state index in [0.717, 1.165) is 24.0 Å². The minimum Gasteiger partial charge on any atom is -0.333 e. The number of benzene rings is 1. The van der Waals surface area contributed by atoms with Crippen molar-refractivity contribution in [3.05, 3.63) is 42.0 Å². The Labute approximate surface area is 155 Å². The number of carbonyl (C=O) groups is 2. The van der Waals surface area contributed by atoms with Gasteiger partial charge in [-0.15, -0.1) is 0 Å². The summed E-state index contributed by atoms with van der Waals surface area (Å²) < 4.78 is 23.3. The molecule has 0 aliphatic carbocycles. The molecule has 0 bridgehead atoms. The maximum atomic E-state index is 13.1. The van der Waals surface area contributed by atoms with Gasteiger partial charge >= 0.3 is 7.60 Å². The molecule has 0 aromatic heterocycles. The number of Topliss-reactive ketones (excluding diaryl/α,β-unsaturated/α-hetero) is 1. The van der Waals surface area contributed by atoms with Gasteiger partial charge in [-0.05, 0) is 24.5 Å². The van der Waals surface area contributed by atoms with E-state index in [9.17, 15) is 14.2 Å². The molecular weight excluding hydrogens is 353 g/mol. The Bertz CT molecular complexity index is 693. The van der Waals surface area contributed by atoms with E-state index in [1.165, 1.54) is 28.1 Å². The Morgan fingerprint density at radius 2 is 1.73 bits per heavy atom. The smallest absolute Gasteiger partial charge is 0.333 e. The fourth-order valence-corrected chi connectivity index (χ4v) is 4.66. The number of nitrogens with one attached hydrogen (secondary N) is 1. The van der Waals surface area contributed by atoms with Crippen molar-refractivity contribution in [3.63, 3.8) is 0 Å². The van der Waals surface area contributed by atoms with Gasteiger partial charge in [0.2, 0.25) is 11.2 Å². The number of rotatable bonds is 10. The molecule has 0 saturated carbocycles. The number of carbonyl (C=O) groups excluding carboxylic acids is 2. The van der Waals surface area contributed by atoms with Gasteiger partial charge < -0.3 is 14.4 Å². The molecule has 0 saturated heterocycles. The Hall–Kier alpha value is -1.75. The molecule has 1 amide bonds. The van der Waals surface area contributed by atoms with E-state index in [0.29, 0.717) is 0 Å². The van der Waals surface area contributed by atoms with Gasteiger partial charge in [0, 0.05) is 27.6 Å². The molecule has 0 fully saturated rings. The van der Waals surface area contributed by atoms with Gasteiger partial charge in [-0.25, -0.2) is 0 Å². The monoisotopic (exact) mass is 381 g/mol. The van der Waals surface area contributed by atoms with Crippen molar-refractivity contribution in [2.75, 3.05) is 14.2 Å². The van der Waals surface area contributed by atoms with Crippen molar-refractivity contribution in [3.8, 4) is 0 Å². The van der Waals surface area contributed by atoms with E-state index in [1.54, 1.807) is 0 Å². The molecule has 1 N–H and O–H groups in total. The third kappa shape index (κ3) is 4.91. The zero-order valence-electron chi connectivity index (χ0n) is 16.1. The lowest BCUT2D eigenvalue weighted by Gasteiger charge is -2.35. The second-order valence-corrected chi connectivity index (χ2v) is 8.50. The lowest BCUT2D eigenvalue weighted by Crippen LogP contribution is -2.53. The molecule has 1 atom stereocenters. The molecular formula is C19H28NO5P. The molecule has 144 valence electrons. The molecule has 6 nitrogen and oxygen atoms in total. The summed E-state index contributed by atoms with van der Waals surface area (Å²) >= 11 is 0. The van der Waals surface area contributed by atoms with Crippen LogP contribution in [0.3, 0.4) is 0 Å². The lowest BCUT2D eigenvalue weighted by molar-refractivity contribution is -0.127. The van der Waals surface area contributed by atoms with Gasteiger partial charge in [0.05, 0.1) is 0 Å². The van der Waals surface area contributed by atoms with Gasteiger partial charge in [-0.2, -0.15) is 0 Å². The standard InChI is InChI=1S/C19H28NO5P/c1-6-10-17(18-11-8-7-9-12-18)13-14-19(15(2)21,20-16(3)22)26(23,24-4)25-5/h7-9,11-13H,6,10,14H2,1-5H3,(H,20,22)/b17-13+/t19-/m1/s1. The van der Waals surface area contributed by atoms with Crippen LogP contribution in [0.15, 0.2) is 36.4 Å². The zero-order chi connectivity index (χ0) is 19.8. The first-order valence-electron chi connectivity index (χ1n) is 8.52. The SMILES string of the molecule is CCC/C(=C\C[C@](NC(C)=O)(C(C)=O)P(=O)(OC)OC)c1ccccc1. The van der Waals surface area contributed by atoms with E-state index in [-0.39, 0.29) is 6.42 Å². The lowest BCUT2D eigenvalue weighted by atomic mass is 9.98. The first kappa shape index (κ1) is 22.3. The Balaban J connectivity index is 3.45. The van der Waals surface area contributed by atoms with Crippen LogP contribution < -0.4 is 5.32 Å². The average Bonchev–Trinajstić information content (AvgIpc) is 2.63. The van der Waals surface area contributed by atoms with Crippen LogP contribution in [0.25, 0.3) is 5.57 Å². The van der Waals surface area contributed by atoms with Crippen LogP contribution in [-0.4, -0.2) is 31.2 Å². The second kappa shape index (κ2) is 9.81. The quantitative estimate of drug-likeness (QED) is 0.615. The van der Waals surface area contributed by atoms with Crippen LogP contribution in [0.4, 0.5) is 0 Å². The fraction of sp³-hybridized carbons (Fsp3) is 0.474. The van der Waals surface area contributed by atoms with Gasteiger partial charge in [-0.1, -0.05) is 49.8 Å². The normalized spacial score (nSPS) is 14.6. The summed E-state index contributed by atoms with van der Waals surface area (Å²) in [6.07, 6.45) is 3.52. The Morgan fingerprint density at radius 3 is 2.15 bits per heavy atom. The van der Waals surface area contributed by atoms with Crippen LogP contribution in [0.1, 0.15) is 45.6 Å². The number of allylic oxidation sites excluding steroid dienone is 1. The largest absolute Gasteiger partial charge is 0.363 e. The van der Waals surface area contributed by atoms with Gasteiger partial charge in [0.25, 0.3) is 0 Å². The van der Waals surface area contributed by atoms with E-state index in [4.69, 9.17) is 9.05 Å². The summed E-state index contributed by atoms with van der Waals surface area (Å²) in [6.45, 7) is 4.59. The van der Waals surface area contributed by atoms with Gasteiger partial charge in [-0.3, -0.25) is 14.2 Å². The molecule has 0 aliphatic rings. The van der Waals surface area contributed by atoms with E-state index < -0.39 is 24.6 Å². The highest BCUT2D eigenvalue weighted by molar-refractivity contribution is 7.56. The molecule has 0 heterocycles. The predicted molar refractivity (Wildman–Crippen MR) is 103 cm³/mol. The van der Waals surface area contributed by atoms with Crippen molar-refractivity contribution < 1.29 is 23.2 Å². The summed E-state index contributed by atoms with van der Waals surface area (Å²) in [4.78, 5) is 24.3.